The highest BCUT2D eigenvalue weighted by Crippen LogP contribution is 2.64. The Labute approximate surface area is 335 Å². The molecule has 4 unspecified atom stereocenters. The van der Waals surface area contributed by atoms with Gasteiger partial charge in [0, 0.05) is 59.7 Å². The molecule has 4 aliphatic carbocycles. The summed E-state index contributed by atoms with van der Waals surface area (Å²) in [5.74, 6) is 0.0403. The number of piperidine rings is 2. The standard InChI is InChI=1S/C46H44N2O10/c1-23(49)53-35-15-11-29-31-21-27-9-13-33(39-37(27)45(29,41(35)57-39)17-19-47(31)3)55-43(51)25-5-7-26(8-6-25)44(52)56-34-14-10-28-22-32-30-12-16-36(54-24(2)50)42-46(30,18-20-48(32)4)38(28)40(34)58-42/h5-16,29-32,35-36,41-42H,17-22H2,1-4H3/t29?,30?,31-,32-,35?,36?,41+,42+,45+,46+/m1/s1. The lowest BCUT2D eigenvalue weighted by Crippen LogP contribution is -2.65. The number of carbonyl (C=O) groups excluding carboxylic acids is 4. The number of rotatable bonds is 6. The van der Waals surface area contributed by atoms with E-state index in [4.69, 9.17) is 28.4 Å². The first-order valence-corrected chi connectivity index (χ1v) is 20.3. The minimum absolute atomic E-state index is 0.162. The molecule has 11 rings (SSSR count). The Morgan fingerprint density at radius 3 is 1.41 bits per heavy atom. The molecule has 4 bridgehead atoms. The second kappa shape index (κ2) is 12.5. The van der Waals surface area contributed by atoms with Crippen LogP contribution in [0.5, 0.6) is 23.0 Å². The van der Waals surface area contributed by atoms with Gasteiger partial charge in [0.1, 0.15) is 12.2 Å². The third-order valence-electron chi connectivity index (χ3n) is 14.6. The van der Waals surface area contributed by atoms with E-state index in [9.17, 15) is 19.2 Å². The summed E-state index contributed by atoms with van der Waals surface area (Å²) >= 11 is 0. The Morgan fingerprint density at radius 2 is 1.02 bits per heavy atom. The van der Waals surface area contributed by atoms with Gasteiger partial charge in [-0.1, -0.05) is 24.3 Å². The van der Waals surface area contributed by atoms with Crippen LogP contribution in [0.4, 0.5) is 0 Å². The van der Waals surface area contributed by atoms with E-state index in [1.807, 2.05) is 24.3 Å². The lowest BCUT2D eigenvalue weighted by Gasteiger charge is -2.56. The Bertz CT molecular complexity index is 2220. The van der Waals surface area contributed by atoms with Crippen molar-refractivity contribution in [1.29, 1.82) is 0 Å². The predicted octanol–water partition coefficient (Wildman–Crippen LogP) is 4.88. The molecule has 4 aliphatic heterocycles. The molecule has 2 saturated heterocycles. The molecular formula is C46H44N2O10. The maximum Gasteiger partial charge on any atom is 0.343 e. The van der Waals surface area contributed by atoms with Gasteiger partial charge in [-0.05, 0) is 113 Å². The van der Waals surface area contributed by atoms with Gasteiger partial charge in [0.2, 0.25) is 0 Å². The van der Waals surface area contributed by atoms with Crippen LogP contribution in [0.2, 0.25) is 0 Å². The lowest BCUT2D eigenvalue weighted by atomic mass is 9.53. The molecule has 0 amide bonds. The molecule has 0 radical (unpaired) electrons. The smallest absolute Gasteiger partial charge is 0.343 e. The maximum absolute atomic E-state index is 13.7. The summed E-state index contributed by atoms with van der Waals surface area (Å²) in [5, 5.41) is 0. The normalized spacial score (nSPS) is 33.9. The highest BCUT2D eigenvalue weighted by Gasteiger charge is 2.66. The van der Waals surface area contributed by atoms with E-state index < -0.39 is 47.2 Å². The van der Waals surface area contributed by atoms with E-state index in [0.29, 0.717) is 23.0 Å². The van der Waals surface area contributed by atoms with Crippen LogP contribution in [-0.4, -0.2) is 97.4 Å². The first-order valence-electron chi connectivity index (χ1n) is 20.3. The van der Waals surface area contributed by atoms with E-state index >= 15 is 0 Å². The van der Waals surface area contributed by atoms with E-state index in [0.717, 1.165) is 61.0 Å². The number of nitrogens with zero attached hydrogens (tertiary/aromatic N) is 2. The van der Waals surface area contributed by atoms with Gasteiger partial charge < -0.3 is 38.2 Å². The van der Waals surface area contributed by atoms with E-state index in [1.54, 1.807) is 36.4 Å². The second-order valence-corrected chi connectivity index (χ2v) is 17.3. The number of hydrogen-bond acceptors (Lipinski definition) is 12. The fourth-order valence-electron chi connectivity index (χ4n) is 12.2. The summed E-state index contributed by atoms with van der Waals surface area (Å²) in [7, 11) is 4.31. The molecule has 0 aromatic heterocycles. The number of esters is 4. The number of likely N-dealkylation sites (N-methyl/N-ethyl adjacent to an activating group) is 2. The fraction of sp³-hybridized carbons (Fsp3) is 0.435. The van der Waals surface area contributed by atoms with Crippen molar-refractivity contribution < 1.29 is 47.6 Å². The largest absolute Gasteiger partial charge is 0.481 e. The van der Waals surface area contributed by atoms with Gasteiger partial charge in [0.05, 0.1) is 11.1 Å². The quantitative estimate of drug-likeness (QED) is 0.192. The van der Waals surface area contributed by atoms with Crippen molar-refractivity contribution >= 4 is 23.9 Å². The maximum atomic E-state index is 13.7. The van der Waals surface area contributed by atoms with Crippen LogP contribution in [0, 0.1) is 11.8 Å². The zero-order valence-electron chi connectivity index (χ0n) is 32.8. The number of ether oxygens (including phenoxy) is 6. The summed E-state index contributed by atoms with van der Waals surface area (Å²) in [6.45, 7) is 4.55. The highest BCUT2D eigenvalue weighted by molar-refractivity contribution is 5.95. The van der Waals surface area contributed by atoms with E-state index in [1.165, 1.54) is 13.8 Å². The number of carbonyl (C=O) groups is 4. The molecule has 12 nitrogen and oxygen atoms in total. The SMILES string of the molecule is CC(=O)OC1C=CC2[C@H]3Cc4ccc(OC(=O)c5ccc(C(=O)Oc6ccc7c8c6O[C@H]6C(OC(C)=O)C=CC9[C@@H](C7)N(C)CC[C@@]896)cc5)c5c4[C@@]2(CCN3C)[C@H]1O5. The van der Waals surface area contributed by atoms with Crippen LogP contribution < -0.4 is 18.9 Å². The van der Waals surface area contributed by atoms with E-state index in [-0.39, 0.29) is 47.0 Å². The minimum atomic E-state index is -0.601. The van der Waals surface area contributed by atoms with Crippen molar-refractivity contribution in [3.05, 3.63) is 106 Å². The predicted molar refractivity (Wildman–Crippen MR) is 207 cm³/mol. The Kier molecular flexibility index (Phi) is 7.70. The molecule has 4 heterocycles. The monoisotopic (exact) mass is 784 g/mol. The molecule has 3 aromatic carbocycles. The van der Waals surface area contributed by atoms with Gasteiger partial charge in [0.15, 0.2) is 35.2 Å². The van der Waals surface area contributed by atoms with Crippen molar-refractivity contribution in [2.45, 2.75) is 86.9 Å². The molecule has 0 N–H and O–H groups in total. The number of benzene rings is 3. The Morgan fingerprint density at radius 1 is 0.603 bits per heavy atom. The minimum Gasteiger partial charge on any atom is -0.481 e. The van der Waals surface area contributed by atoms with Gasteiger partial charge in [-0.15, -0.1) is 0 Å². The first-order chi connectivity index (χ1) is 28.0. The summed E-state index contributed by atoms with van der Waals surface area (Å²) in [6.07, 6.45) is 9.58. The lowest BCUT2D eigenvalue weighted by molar-refractivity contribution is -0.153. The van der Waals surface area contributed by atoms with E-state index in [2.05, 4.69) is 36.0 Å². The van der Waals surface area contributed by atoms with Crippen molar-refractivity contribution in [3.63, 3.8) is 0 Å². The molecule has 58 heavy (non-hydrogen) atoms. The van der Waals surface area contributed by atoms with Gasteiger partial charge in [-0.3, -0.25) is 9.59 Å². The molecular weight excluding hydrogens is 741 g/mol. The van der Waals surface area contributed by atoms with Crippen LogP contribution in [0.3, 0.4) is 0 Å². The van der Waals surface area contributed by atoms with Crippen LogP contribution in [0.1, 0.15) is 69.7 Å². The summed E-state index contributed by atoms with van der Waals surface area (Å²) in [5.41, 5.74) is 4.10. The fourth-order valence-corrected chi connectivity index (χ4v) is 12.2. The van der Waals surface area contributed by atoms with Crippen molar-refractivity contribution in [2.75, 3.05) is 27.2 Å². The van der Waals surface area contributed by atoms with Gasteiger partial charge in [-0.2, -0.15) is 0 Å². The zero-order chi connectivity index (χ0) is 39.8. The Hall–Kier alpha value is -5.46. The molecule has 2 fully saturated rings. The molecule has 10 atom stereocenters. The highest BCUT2D eigenvalue weighted by atomic mass is 16.6. The van der Waals surface area contributed by atoms with Crippen LogP contribution in [0.25, 0.3) is 0 Å². The number of hydrogen-bond donors (Lipinski definition) is 0. The zero-order valence-corrected chi connectivity index (χ0v) is 32.8. The average molecular weight is 785 g/mol. The molecule has 8 aliphatic rings. The number of likely N-dealkylation sites (tertiary alicyclic amines) is 2. The summed E-state index contributed by atoms with van der Waals surface area (Å²) < 4.78 is 37.1. The van der Waals surface area contributed by atoms with Gasteiger partial charge in [-0.25, -0.2) is 9.59 Å². The summed E-state index contributed by atoms with van der Waals surface area (Å²) in [6, 6.07) is 14.4. The Balaban J connectivity index is 0.848. The molecule has 0 saturated carbocycles. The molecule has 2 spiro atoms. The average Bonchev–Trinajstić information content (AvgIpc) is 3.74. The third kappa shape index (κ3) is 4.81. The summed E-state index contributed by atoms with van der Waals surface area (Å²) in [4.78, 5) is 56.5. The molecule has 298 valence electrons. The molecule has 12 heteroatoms. The van der Waals surface area contributed by atoms with Gasteiger partial charge >= 0.3 is 23.9 Å². The van der Waals surface area contributed by atoms with Crippen LogP contribution >= 0.6 is 0 Å². The van der Waals surface area contributed by atoms with Crippen molar-refractivity contribution in [1.82, 2.24) is 9.80 Å². The van der Waals surface area contributed by atoms with Crippen LogP contribution in [-0.2, 0) is 42.7 Å². The van der Waals surface area contributed by atoms with Gasteiger partial charge in [0.25, 0.3) is 0 Å². The third-order valence-corrected chi connectivity index (χ3v) is 14.6. The second-order valence-electron chi connectivity index (χ2n) is 17.3. The van der Waals surface area contributed by atoms with Crippen molar-refractivity contribution in [2.24, 2.45) is 11.8 Å². The molecule has 3 aromatic rings. The van der Waals surface area contributed by atoms with Crippen molar-refractivity contribution in [3.8, 4) is 23.0 Å². The topological polar surface area (TPSA) is 130 Å². The van der Waals surface area contributed by atoms with Crippen LogP contribution in [0.15, 0.2) is 72.8 Å². The first kappa shape index (κ1) is 35.7.